The monoisotopic (exact) mass is 366 g/mol. The van der Waals surface area contributed by atoms with Crippen molar-refractivity contribution in [2.45, 2.75) is 91.3 Å². The number of hydrogen-bond donors (Lipinski definition) is 0. The number of ether oxygens (including phenoxy) is 3. The van der Waals surface area contributed by atoms with Gasteiger partial charge < -0.3 is 19.0 Å². The summed E-state index contributed by atoms with van der Waals surface area (Å²) in [6.45, 7) is 12.0. The van der Waals surface area contributed by atoms with Crippen LogP contribution in [0.3, 0.4) is 0 Å². The van der Waals surface area contributed by atoms with Gasteiger partial charge in [0.25, 0.3) is 0 Å². The summed E-state index contributed by atoms with van der Waals surface area (Å²) in [5.41, 5.74) is -0.567. The van der Waals surface area contributed by atoms with Crippen molar-refractivity contribution in [2.75, 3.05) is 0 Å². The molecular weight excluding hydrogens is 332 g/mol. The molecule has 0 aromatic rings. The number of esters is 1. The Hall–Kier alpha value is -1.20. The van der Waals surface area contributed by atoms with Crippen LogP contribution in [0.25, 0.3) is 0 Å². The molecule has 1 spiro atoms. The topological polar surface area (TPSA) is 61.8 Å². The molecule has 0 saturated carbocycles. The predicted molar refractivity (Wildman–Crippen MR) is 99.5 cm³/mol. The molecule has 2 aliphatic heterocycles. The Morgan fingerprint density at radius 3 is 2.65 bits per heavy atom. The smallest absolute Gasteiger partial charge is 0.311 e. The van der Waals surface area contributed by atoms with Gasteiger partial charge >= 0.3 is 5.97 Å². The first-order valence-electron chi connectivity index (χ1n) is 9.80. The van der Waals surface area contributed by atoms with Crippen molar-refractivity contribution >= 4 is 12.3 Å². The normalized spacial score (nSPS) is 35.9. The van der Waals surface area contributed by atoms with Gasteiger partial charge in [0.15, 0.2) is 5.79 Å². The fourth-order valence-electron chi connectivity index (χ4n) is 3.58. The molecule has 1 fully saturated rings. The third kappa shape index (κ3) is 4.95. The van der Waals surface area contributed by atoms with Gasteiger partial charge in [-0.2, -0.15) is 0 Å². The van der Waals surface area contributed by atoms with Gasteiger partial charge in [0, 0.05) is 25.2 Å². The van der Waals surface area contributed by atoms with Gasteiger partial charge in [0.2, 0.25) is 0 Å². The fourth-order valence-corrected chi connectivity index (χ4v) is 3.58. The maximum atomic E-state index is 12.3. The summed E-state index contributed by atoms with van der Waals surface area (Å²) in [5.74, 6) is -0.482. The van der Waals surface area contributed by atoms with Crippen molar-refractivity contribution < 1.29 is 23.8 Å². The van der Waals surface area contributed by atoms with Crippen molar-refractivity contribution in [1.29, 1.82) is 0 Å². The molecule has 0 unspecified atom stereocenters. The second-order valence-electron chi connectivity index (χ2n) is 8.86. The molecule has 2 heterocycles. The van der Waals surface area contributed by atoms with E-state index in [1.165, 1.54) is 0 Å². The zero-order valence-electron chi connectivity index (χ0n) is 17.0. The zero-order valence-corrected chi connectivity index (χ0v) is 17.0. The maximum Gasteiger partial charge on any atom is 0.311 e. The molecule has 0 amide bonds. The molecule has 2 aliphatic rings. The molecule has 148 valence electrons. The van der Waals surface area contributed by atoms with Gasteiger partial charge in [-0.25, -0.2) is 0 Å². The molecule has 0 radical (unpaired) electrons. The Labute approximate surface area is 157 Å². The molecule has 1 saturated heterocycles. The molecular formula is C21H34O5. The van der Waals surface area contributed by atoms with Crippen LogP contribution in [-0.2, 0) is 23.8 Å². The van der Waals surface area contributed by atoms with Crippen LogP contribution >= 0.6 is 0 Å². The first kappa shape index (κ1) is 21.1. The fraction of sp³-hybridized carbons (Fsp3) is 0.810. The van der Waals surface area contributed by atoms with Crippen molar-refractivity contribution in [3.63, 3.8) is 0 Å². The standard InChI is InChI=1S/C21H34O5/c1-7-14(2)18-15(3)8-10-21(26-18)13-17(12-16(25-21)9-11-22)24-19(23)20(4,5)6/h8,10-11,14-18H,7,9,12-13H2,1-6H3/t14-,15-,16+,17-,18+,21-/m0/s1. The Balaban J connectivity index is 2.22. The zero-order chi connectivity index (χ0) is 19.5. The number of carbonyl (C=O) groups is 2. The van der Waals surface area contributed by atoms with E-state index in [1.807, 2.05) is 26.8 Å². The summed E-state index contributed by atoms with van der Waals surface area (Å²) in [6, 6.07) is 0. The molecule has 5 nitrogen and oxygen atoms in total. The third-order valence-electron chi connectivity index (χ3n) is 5.36. The summed E-state index contributed by atoms with van der Waals surface area (Å²) in [6.07, 6.45) is 6.60. The maximum absolute atomic E-state index is 12.3. The number of aldehydes is 1. The molecule has 6 atom stereocenters. The predicted octanol–water partition coefficient (Wildman–Crippen LogP) is 4.05. The second kappa shape index (κ2) is 8.22. The van der Waals surface area contributed by atoms with Crippen LogP contribution in [0.5, 0.6) is 0 Å². The first-order valence-corrected chi connectivity index (χ1v) is 9.80. The number of carbonyl (C=O) groups excluding carboxylic acids is 2. The van der Waals surface area contributed by atoms with E-state index in [4.69, 9.17) is 14.2 Å². The van der Waals surface area contributed by atoms with Crippen LogP contribution in [-0.4, -0.2) is 36.4 Å². The van der Waals surface area contributed by atoms with E-state index < -0.39 is 11.2 Å². The highest BCUT2D eigenvalue weighted by Crippen LogP contribution is 2.41. The van der Waals surface area contributed by atoms with Crippen LogP contribution in [0.4, 0.5) is 0 Å². The summed E-state index contributed by atoms with van der Waals surface area (Å²) >= 11 is 0. The molecule has 5 heteroatoms. The summed E-state index contributed by atoms with van der Waals surface area (Å²) in [4.78, 5) is 23.4. The van der Waals surface area contributed by atoms with Crippen LogP contribution in [0.15, 0.2) is 12.2 Å². The minimum absolute atomic E-state index is 0.0407. The van der Waals surface area contributed by atoms with E-state index >= 15 is 0 Å². The lowest BCUT2D eigenvalue weighted by Gasteiger charge is -2.47. The van der Waals surface area contributed by atoms with E-state index in [0.29, 0.717) is 24.7 Å². The van der Waals surface area contributed by atoms with E-state index in [0.717, 1.165) is 12.7 Å². The first-order chi connectivity index (χ1) is 12.1. The van der Waals surface area contributed by atoms with E-state index in [-0.39, 0.29) is 30.7 Å². The highest BCUT2D eigenvalue weighted by Gasteiger charge is 2.47. The Morgan fingerprint density at radius 1 is 1.38 bits per heavy atom. The van der Waals surface area contributed by atoms with Gasteiger partial charge in [0.1, 0.15) is 12.4 Å². The van der Waals surface area contributed by atoms with Crippen molar-refractivity contribution in [3.8, 4) is 0 Å². The molecule has 26 heavy (non-hydrogen) atoms. The molecule has 2 rings (SSSR count). The van der Waals surface area contributed by atoms with E-state index in [1.54, 1.807) is 0 Å². The van der Waals surface area contributed by atoms with Gasteiger partial charge in [-0.1, -0.05) is 33.3 Å². The Bertz CT molecular complexity index is 535. The molecule has 0 aromatic heterocycles. The highest BCUT2D eigenvalue weighted by molar-refractivity contribution is 5.75. The van der Waals surface area contributed by atoms with E-state index in [9.17, 15) is 9.59 Å². The molecule has 0 N–H and O–H groups in total. The molecule has 0 aliphatic carbocycles. The van der Waals surface area contributed by atoms with Crippen LogP contribution in [0, 0.1) is 17.3 Å². The van der Waals surface area contributed by atoms with Gasteiger partial charge in [-0.3, -0.25) is 4.79 Å². The third-order valence-corrected chi connectivity index (χ3v) is 5.36. The van der Waals surface area contributed by atoms with Gasteiger partial charge in [0.05, 0.1) is 17.6 Å². The lowest BCUT2D eigenvalue weighted by molar-refractivity contribution is -0.300. The van der Waals surface area contributed by atoms with Gasteiger partial charge in [-0.05, 0) is 32.8 Å². The number of rotatable bonds is 5. The number of hydrogen-bond acceptors (Lipinski definition) is 5. The lowest BCUT2D eigenvalue weighted by Crippen LogP contribution is -2.53. The van der Waals surface area contributed by atoms with E-state index in [2.05, 4.69) is 26.8 Å². The van der Waals surface area contributed by atoms with Crippen LogP contribution < -0.4 is 0 Å². The Morgan fingerprint density at radius 2 is 2.08 bits per heavy atom. The SMILES string of the molecule is CC[C@H](C)[C@H]1O[C@@]2(C=C[C@@H]1C)C[C@@H](OC(=O)C(C)(C)C)C[C@@H](CC=O)O2. The van der Waals surface area contributed by atoms with Crippen molar-refractivity contribution in [2.24, 2.45) is 17.3 Å². The highest BCUT2D eigenvalue weighted by atomic mass is 16.7. The van der Waals surface area contributed by atoms with Crippen LogP contribution in [0.1, 0.15) is 67.2 Å². The largest absolute Gasteiger partial charge is 0.462 e. The minimum atomic E-state index is -0.921. The minimum Gasteiger partial charge on any atom is -0.462 e. The molecule has 0 aromatic carbocycles. The summed E-state index contributed by atoms with van der Waals surface area (Å²) < 4.78 is 18.4. The van der Waals surface area contributed by atoms with Crippen molar-refractivity contribution in [1.82, 2.24) is 0 Å². The summed E-state index contributed by atoms with van der Waals surface area (Å²) in [7, 11) is 0. The van der Waals surface area contributed by atoms with Crippen molar-refractivity contribution in [3.05, 3.63) is 12.2 Å². The average molecular weight is 366 g/mol. The van der Waals surface area contributed by atoms with Gasteiger partial charge in [-0.15, -0.1) is 0 Å². The average Bonchev–Trinajstić information content (AvgIpc) is 2.56. The van der Waals surface area contributed by atoms with Crippen LogP contribution in [0.2, 0.25) is 0 Å². The lowest BCUT2D eigenvalue weighted by atomic mass is 9.86. The quantitative estimate of drug-likeness (QED) is 0.417. The Kier molecular flexibility index (Phi) is 6.67. The summed E-state index contributed by atoms with van der Waals surface area (Å²) in [5, 5.41) is 0. The second-order valence-corrected chi connectivity index (χ2v) is 8.86. The molecule has 0 bridgehead atoms.